The van der Waals surface area contributed by atoms with E-state index in [0.29, 0.717) is 23.7 Å². The zero-order valence-electron chi connectivity index (χ0n) is 23.3. The number of hydrogen-bond donors (Lipinski definition) is 1. The molecule has 0 unspecified atom stereocenters. The third kappa shape index (κ3) is 7.55. The number of benzene rings is 3. The van der Waals surface area contributed by atoms with Gasteiger partial charge in [0.1, 0.15) is 18.3 Å². The highest BCUT2D eigenvalue weighted by molar-refractivity contribution is 7.92. The maximum Gasteiger partial charge on any atom is 0.264 e. The summed E-state index contributed by atoms with van der Waals surface area (Å²) in [6.45, 7) is 5.63. The molecule has 1 N–H and O–H groups in total. The molecule has 0 aliphatic rings. The number of carbonyl (C=O) groups is 2. The molecule has 1 atom stereocenters. The van der Waals surface area contributed by atoms with Crippen LogP contribution in [0.4, 0.5) is 5.69 Å². The normalized spacial score (nSPS) is 11.9. The molecule has 214 valence electrons. The topological polar surface area (TPSA) is 96.0 Å². The molecule has 40 heavy (non-hydrogen) atoms. The van der Waals surface area contributed by atoms with E-state index in [9.17, 15) is 18.0 Å². The van der Waals surface area contributed by atoms with Crippen molar-refractivity contribution in [3.05, 3.63) is 88.9 Å². The molecule has 0 bridgehead atoms. The molecule has 10 heteroatoms. The van der Waals surface area contributed by atoms with E-state index < -0.39 is 28.5 Å². The Balaban J connectivity index is 2.05. The maximum absolute atomic E-state index is 14.0. The van der Waals surface area contributed by atoms with Crippen LogP contribution in [0.2, 0.25) is 5.02 Å². The number of anilines is 1. The number of methoxy groups -OCH3 is 1. The van der Waals surface area contributed by atoms with Gasteiger partial charge in [0.2, 0.25) is 11.8 Å². The fourth-order valence-electron chi connectivity index (χ4n) is 4.20. The van der Waals surface area contributed by atoms with Gasteiger partial charge in [-0.1, -0.05) is 61.8 Å². The largest absolute Gasteiger partial charge is 0.497 e. The van der Waals surface area contributed by atoms with Crippen LogP contribution in [0.5, 0.6) is 5.75 Å². The van der Waals surface area contributed by atoms with Gasteiger partial charge in [-0.3, -0.25) is 13.9 Å². The van der Waals surface area contributed by atoms with E-state index in [4.69, 9.17) is 16.3 Å². The predicted octanol–water partition coefficient (Wildman–Crippen LogP) is 5.19. The summed E-state index contributed by atoms with van der Waals surface area (Å²) in [6, 6.07) is 19.1. The van der Waals surface area contributed by atoms with Crippen LogP contribution in [0.25, 0.3) is 0 Å². The van der Waals surface area contributed by atoms with Gasteiger partial charge in [0.05, 0.1) is 17.7 Å². The molecular weight excluding hydrogens is 550 g/mol. The highest BCUT2D eigenvalue weighted by atomic mass is 35.5. The Kier molecular flexibility index (Phi) is 11.0. The van der Waals surface area contributed by atoms with E-state index in [-0.39, 0.29) is 23.0 Å². The summed E-state index contributed by atoms with van der Waals surface area (Å²) in [7, 11) is -2.59. The average Bonchev–Trinajstić information content (AvgIpc) is 2.96. The molecule has 0 heterocycles. The van der Waals surface area contributed by atoms with Crippen molar-refractivity contribution in [1.82, 2.24) is 10.2 Å². The quantitative estimate of drug-likeness (QED) is 0.298. The molecule has 0 saturated heterocycles. The van der Waals surface area contributed by atoms with Crippen molar-refractivity contribution in [2.45, 2.75) is 51.1 Å². The number of ether oxygens (including phenoxy) is 1. The van der Waals surface area contributed by atoms with Crippen LogP contribution in [0, 0.1) is 6.92 Å². The number of sulfonamides is 1. The van der Waals surface area contributed by atoms with Gasteiger partial charge in [0.25, 0.3) is 10.0 Å². The molecule has 0 aliphatic carbocycles. The fourth-order valence-corrected chi connectivity index (χ4v) is 5.80. The Morgan fingerprint density at radius 3 is 2.25 bits per heavy atom. The lowest BCUT2D eigenvalue weighted by molar-refractivity contribution is -0.140. The number of nitrogens with zero attached hydrogens (tertiary/aromatic N) is 2. The number of nitrogens with one attached hydrogen (secondary N) is 1. The fraction of sp³-hybridized carbons (Fsp3) is 0.333. The Morgan fingerprint density at radius 1 is 1.00 bits per heavy atom. The molecule has 3 rings (SSSR count). The number of hydrogen-bond acceptors (Lipinski definition) is 5. The molecule has 0 aliphatic heterocycles. The Labute approximate surface area is 241 Å². The first-order valence-electron chi connectivity index (χ1n) is 13.2. The van der Waals surface area contributed by atoms with Crippen molar-refractivity contribution < 1.29 is 22.7 Å². The number of aryl methyl sites for hydroxylation is 1. The molecule has 0 saturated carbocycles. The predicted molar refractivity (Wildman–Crippen MR) is 158 cm³/mol. The zero-order chi connectivity index (χ0) is 29.3. The number of amides is 2. The monoisotopic (exact) mass is 585 g/mol. The van der Waals surface area contributed by atoms with Crippen molar-refractivity contribution in [3.63, 3.8) is 0 Å². The number of halogens is 1. The second-order valence-electron chi connectivity index (χ2n) is 9.34. The minimum Gasteiger partial charge on any atom is -0.497 e. The molecule has 0 spiro atoms. The van der Waals surface area contributed by atoms with Crippen LogP contribution in [-0.2, 0) is 26.2 Å². The van der Waals surface area contributed by atoms with Gasteiger partial charge in [0, 0.05) is 18.1 Å². The van der Waals surface area contributed by atoms with Crippen LogP contribution < -0.4 is 14.4 Å². The van der Waals surface area contributed by atoms with E-state index in [1.165, 1.54) is 23.1 Å². The third-order valence-electron chi connectivity index (χ3n) is 6.50. The molecule has 3 aromatic rings. The van der Waals surface area contributed by atoms with E-state index in [2.05, 4.69) is 5.32 Å². The van der Waals surface area contributed by atoms with E-state index >= 15 is 0 Å². The van der Waals surface area contributed by atoms with Crippen LogP contribution in [0.3, 0.4) is 0 Å². The maximum atomic E-state index is 14.0. The van der Waals surface area contributed by atoms with Gasteiger partial charge >= 0.3 is 0 Å². The first-order valence-corrected chi connectivity index (χ1v) is 15.0. The van der Waals surface area contributed by atoms with E-state index in [1.54, 1.807) is 49.6 Å². The Hall–Kier alpha value is -3.56. The SMILES string of the molecule is CCCNC(=O)[C@@H](CC)N(Cc1ccc(OC)cc1)C(=O)CN(c1ccc(C)c(Cl)c1)S(=O)(=O)c1ccccc1. The Morgan fingerprint density at radius 2 is 1.68 bits per heavy atom. The Bertz CT molecular complexity index is 1400. The lowest BCUT2D eigenvalue weighted by atomic mass is 10.1. The molecule has 3 aromatic carbocycles. The first-order chi connectivity index (χ1) is 19.1. The second-order valence-corrected chi connectivity index (χ2v) is 11.6. The lowest BCUT2D eigenvalue weighted by Gasteiger charge is -2.33. The van der Waals surface area contributed by atoms with E-state index in [1.807, 2.05) is 32.9 Å². The molecule has 2 amide bonds. The van der Waals surface area contributed by atoms with Crippen LogP contribution in [0.15, 0.2) is 77.7 Å². The van der Waals surface area contributed by atoms with Gasteiger partial charge in [-0.05, 0) is 67.3 Å². The van der Waals surface area contributed by atoms with Gasteiger partial charge in [0.15, 0.2) is 0 Å². The molecule has 0 radical (unpaired) electrons. The highest BCUT2D eigenvalue weighted by Gasteiger charge is 2.33. The van der Waals surface area contributed by atoms with Crippen LogP contribution in [0.1, 0.15) is 37.8 Å². The molecule has 8 nitrogen and oxygen atoms in total. The minimum atomic E-state index is -4.15. The summed E-state index contributed by atoms with van der Waals surface area (Å²) in [5.74, 6) is -0.154. The smallest absolute Gasteiger partial charge is 0.264 e. The van der Waals surface area contributed by atoms with Crippen molar-refractivity contribution in [2.24, 2.45) is 0 Å². The third-order valence-corrected chi connectivity index (χ3v) is 8.70. The number of carbonyl (C=O) groups excluding carboxylic acids is 2. The molecular formula is C30H36ClN3O5S. The summed E-state index contributed by atoms with van der Waals surface area (Å²) in [4.78, 5) is 28.7. The minimum absolute atomic E-state index is 0.0360. The van der Waals surface area contributed by atoms with Crippen LogP contribution >= 0.6 is 11.6 Å². The van der Waals surface area contributed by atoms with Crippen molar-refractivity contribution in [2.75, 3.05) is 24.5 Å². The van der Waals surface area contributed by atoms with Gasteiger partial charge < -0.3 is 15.0 Å². The summed E-state index contributed by atoms with van der Waals surface area (Å²) >= 11 is 6.37. The average molecular weight is 586 g/mol. The summed E-state index contributed by atoms with van der Waals surface area (Å²) in [6.07, 6.45) is 1.09. The van der Waals surface area contributed by atoms with E-state index in [0.717, 1.165) is 21.9 Å². The zero-order valence-corrected chi connectivity index (χ0v) is 24.8. The summed E-state index contributed by atoms with van der Waals surface area (Å²) in [5, 5.41) is 3.25. The molecule has 0 aromatic heterocycles. The van der Waals surface area contributed by atoms with Crippen molar-refractivity contribution in [3.8, 4) is 5.75 Å². The summed E-state index contributed by atoms with van der Waals surface area (Å²) in [5.41, 5.74) is 1.79. The van der Waals surface area contributed by atoms with Gasteiger partial charge in [-0.25, -0.2) is 8.42 Å². The number of rotatable bonds is 13. The second kappa shape index (κ2) is 14.2. The van der Waals surface area contributed by atoms with Crippen LogP contribution in [-0.4, -0.2) is 51.4 Å². The standard InChI is InChI=1S/C30H36ClN3O5S/c1-5-18-32-30(36)28(6-2)33(20-23-13-16-25(39-4)17-14-23)29(35)21-34(24-15-12-22(3)27(31)19-24)40(37,38)26-10-8-7-9-11-26/h7-17,19,28H,5-6,18,20-21H2,1-4H3,(H,32,36)/t28-/m1/s1. The van der Waals surface area contributed by atoms with Gasteiger partial charge in [-0.2, -0.15) is 0 Å². The summed E-state index contributed by atoms with van der Waals surface area (Å²) < 4.78 is 34.0. The van der Waals surface area contributed by atoms with Gasteiger partial charge in [-0.15, -0.1) is 0 Å². The lowest BCUT2D eigenvalue weighted by Crippen LogP contribution is -2.52. The van der Waals surface area contributed by atoms with Crippen molar-refractivity contribution >= 4 is 39.1 Å². The first kappa shape index (κ1) is 31.0. The highest BCUT2D eigenvalue weighted by Crippen LogP contribution is 2.28. The van der Waals surface area contributed by atoms with Crippen molar-refractivity contribution in [1.29, 1.82) is 0 Å². The molecule has 0 fully saturated rings.